The molecule has 2 aromatic carbocycles. The average molecular weight is 358 g/mol. The van der Waals surface area contributed by atoms with Crippen molar-refractivity contribution in [3.63, 3.8) is 0 Å². The molecule has 0 spiro atoms. The Labute approximate surface area is 152 Å². The second-order valence-corrected chi connectivity index (χ2v) is 5.70. The summed E-state index contributed by atoms with van der Waals surface area (Å²) in [4.78, 5) is 26.3. The number of benzene rings is 2. The number of esters is 1. The van der Waals surface area contributed by atoms with E-state index in [9.17, 15) is 14.0 Å². The first-order valence-corrected chi connectivity index (χ1v) is 8.60. The maximum atomic E-state index is 12.9. The van der Waals surface area contributed by atoms with Crippen LogP contribution in [-0.4, -0.2) is 43.0 Å². The lowest BCUT2D eigenvalue weighted by Crippen LogP contribution is -2.27. The fourth-order valence-corrected chi connectivity index (χ4v) is 2.38. The van der Waals surface area contributed by atoms with Gasteiger partial charge in [0.25, 0.3) is 5.91 Å². The van der Waals surface area contributed by atoms with Gasteiger partial charge < -0.3 is 15.0 Å². The summed E-state index contributed by atoms with van der Waals surface area (Å²) in [5, 5.41) is 2.70. The quantitative estimate of drug-likeness (QED) is 0.733. The number of carbonyl (C=O) groups is 2. The van der Waals surface area contributed by atoms with Gasteiger partial charge in [0.1, 0.15) is 12.4 Å². The van der Waals surface area contributed by atoms with Crippen LogP contribution in [0.4, 0.5) is 10.1 Å². The molecule has 0 radical (unpaired) electrons. The summed E-state index contributed by atoms with van der Waals surface area (Å²) >= 11 is 0. The standard InChI is InChI=1S/C20H23FN2O3/c1-3-23(4-2)13-14-26-20(25)16-7-11-18(12-8-16)22-19(24)15-5-9-17(21)10-6-15/h5-12H,3-4,13-14H2,1-2H3,(H,22,24). The van der Waals surface area contributed by atoms with Gasteiger partial charge in [0, 0.05) is 17.8 Å². The van der Waals surface area contributed by atoms with E-state index in [1.54, 1.807) is 24.3 Å². The molecule has 2 rings (SSSR count). The number of nitrogens with one attached hydrogen (secondary N) is 1. The molecule has 138 valence electrons. The monoisotopic (exact) mass is 358 g/mol. The Bertz CT molecular complexity index is 726. The van der Waals surface area contributed by atoms with Crippen molar-refractivity contribution in [2.75, 3.05) is 31.6 Å². The van der Waals surface area contributed by atoms with Crippen molar-refractivity contribution in [3.8, 4) is 0 Å². The van der Waals surface area contributed by atoms with Crippen LogP contribution in [0.2, 0.25) is 0 Å². The molecule has 0 heterocycles. The van der Waals surface area contributed by atoms with Crippen molar-refractivity contribution >= 4 is 17.6 Å². The van der Waals surface area contributed by atoms with E-state index in [4.69, 9.17) is 4.74 Å². The van der Waals surface area contributed by atoms with Crippen LogP contribution in [0.3, 0.4) is 0 Å². The molecule has 0 unspecified atom stereocenters. The second kappa shape index (κ2) is 9.68. The lowest BCUT2D eigenvalue weighted by atomic mass is 10.2. The molecule has 1 N–H and O–H groups in total. The number of carbonyl (C=O) groups excluding carboxylic acids is 2. The minimum absolute atomic E-state index is 0.337. The first-order valence-electron chi connectivity index (χ1n) is 8.60. The molecule has 1 amide bonds. The number of ether oxygens (including phenoxy) is 1. The van der Waals surface area contributed by atoms with Gasteiger partial charge in [0.15, 0.2) is 0 Å². The smallest absolute Gasteiger partial charge is 0.338 e. The van der Waals surface area contributed by atoms with Gasteiger partial charge in [-0.2, -0.15) is 0 Å². The van der Waals surface area contributed by atoms with Crippen LogP contribution in [0.1, 0.15) is 34.6 Å². The maximum absolute atomic E-state index is 12.9. The van der Waals surface area contributed by atoms with Crippen LogP contribution in [0.15, 0.2) is 48.5 Å². The van der Waals surface area contributed by atoms with E-state index in [2.05, 4.69) is 24.1 Å². The molecule has 5 nitrogen and oxygen atoms in total. The van der Waals surface area contributed by atoms with Crippen molar-refractivity contribution in [2.45, 2.75) is 13.8 Å². The zero-order chi connectivity index (χ0) is 18.9. The average Bonchev–Trinajstić information content (AvgIpc) is 2.66. The van der Waals surface area contributed by atoms with Gasteiger partial charge in [0.05, 0.1) is 5.56 Å². The van der Waals surface area contributed by atoms with Crippen molar-refractivity contribution < 1.29 is 18.7 Å². The molecule has 0 aliphatic carbocycles. The molecule has 0 saturated carbocycles. The van der Waals surface area contributed by atoms with E-state index >= 15 is 0 Å². The Morgan fingerprint density at radius 3 is 2.12 bits per heavy atom. The van der Waals surface area contributed by atoms with E-state index in [1.165, 1.54) is 24.3 Å². The van der Waals surface area contributed by atoms with E-state index in [-0.39, 0.29) is 5.91 Å². The Morgan fingerprint density at radius 1 is 0.962 bits per heavy atom. The third kappa shape index (κ3) is 5.67. The molecular formula is C20H23FN2O3. The largest absolute Gasteiger partial charge is 0.461 e. The fraction of sp³-hybridized carbons (Fsp3) is 0.300. The third-order valence-corrected chi connectivity index (χ3v) is 4.02. The van der Waals surface area contributed by atoms with E-state index in [0.717, 1.165) is 13.1 Å². The molecular weight excluding hydrogens is 335 g/mol. The number of likely N-dealkylation sites (N-methyl/N-ethyl adjacent to an activating group) is 1. The Kier molecular flexibility index (Phi) is 7.29. The first kappa shape index (κ1) is 19.6. The zero-order valence-corrected chi connectivity index (χ0v) is 15.0. The molecule has 0 aliphatic rings. The summed E-state index contributed by atoms with van der Waals surface area (Å²) in [5.41, 5.74) is 1.31. The molecule has 0 aromatic heterocycles. The minimum Gasteiger partial charge on any atom is -0.461 e. The van der Waals surface area contributed by atoms with Gasteiger partial charge in [-0.05, 0) is 61.6 Å². The van der Waals surface area contributed by atoms with Crippen LogP contribution >= 0.6 is 0 Å². The Morgan fingerprint density at radius 2 is 1.54 bits per heavy atom. The normalized spacial score (nSPS) is 10.6. The fourth-order valence-electron chi connectivity index (χ4n) is 2.38. The maximum Gasteiger partial charge on any atom is 0.338 e. The molecule has 6 heteroatoms. The molecule has 0 bridgehead atoms. The van der Waals surface area contributed by atoms with Crippen LogP contribution in [-0.2, 0) is 4.74 Å². The van der Waals surface area contributed by atoms with Crippen LogP contribution in [0, 0.1) is 5.82 Å². The lowest BCUT2D eigenvalue weighted by Gasteiger charge is -2.17. The molecule has 0 saturated heterocycles. The first-order chi connectivity index (χ1) is 12.5. The number of hydrogen-bond donors (Lipinski definition) is 1. The Hall–Kier alpha value is -2.73. The van der Waals surface area contributed by atoms with Crippen molar-refractivity contribution in [1.82, 2.24) is 4.90 Å². The molecule has 0 atom stereocenters. The van der Waals surface area contributed by atoms with Crippen molar-refractivity contribution in [1.29, 1.82) is 0 Å². The van der Waals surface area contributed by atoms with Crippen molar-refractivity contribution in [2.24, 2.45) is 0 Å². The highest BCUT2D eigenvalue weighted by molar-refractivity contribution is 6.04. The predicted molar refractivity (Wildman–Crippen MR) is 98.9 cm³/mol. The minimum atomic E-state index is -0.398. The SMILES string of the molecule is CCN(CC)CCOC(=O)c1ccc(NC(=O)c2ccc(F)cc2)cc1. The van der Waals surface area contributed by atoms with Gasteiger partial charge >= 0.3 is 5.97 Å². The van der Waals surface area contributed by atoms with E-state index in [0.29, 0.717) is 30.0 Å². The van der Waals surface area contributed by atoms with E-state index in [1.807, 2.05) is 0 Å². The molecule has 2 aromatic rings. The number of nitrogens with zero attached hydrogens (tertiary/aromatic N) is 1. The second-order valence-electron chi connectivity index (χ2n) is 5.70. The Balaban J connectivity index is 1.88. The highest BCUT2D eigenvalue weighted by Gasteiger charge is 2.10. The summed E-state index contributed by atoms with van der Waals surface area (Å²) in [7, 11) is 0. The molecule has 26 heavy (non-hydrogen) atoms. The number of amides is 1. The third-order valence-electron chi connectivity index (χ3n) is 4.02. The summed E-state index contributed by atoms with van der Waals surface area (Å²) in [6.07, 6.45) is 0. The van der Waals surface area contributed by atoms with E-state index < -0.39 is 11.8 Å². The van der Waals surface area contributed by atoms with Crippen LogP contribution < -0.4 is 5.32 Å². The highest BCUT2D eigenvalue weighted by atomic mass is 19.1. The topological polar surface area (TPSA) is 58.6 Å². The highest BCUT2D eigenvalue weighted by Crippen LogP contribution is 2.13. The summed E-state index contributed by atoms with van der Waals surface area (Å²) in [6.45, 7) is 6.98. The summed E-state index contributed by atoms with van der Waals surface area (Å²) < 4.78 is 18.2. The van der Waals surface area contributed by atoms with Crippen molar-refractivity contribution in [3.05, 3.63) is 65.5 Å². The van der Waals surface area contributed by atoms with Gasteiger partial charge in [-0.1, -0.05) is 13.8 Å². The van der Waals surface area contributed by atoms with Gasteiger partial charge in [-0.3, -0.25) is 4.79 Å². The van der Waals surface area contributed by atoms with Gasteiger partial charge in [0.2, 0.25) is 0 Å². The van der Waals surface area contributed by atoms with Gasteiger partial charge in [-0.15, -0.1) is 0 Å². The zero-order valence-electron chi connectivity index (χ0n) is 15.0. The van der Waals surface area contributed by atoms with Gasteiger partial charge in [-0.25, -0.2) is 9.18 Å². The molecule has 0 aliphatic heterocycles. The number of halogens is 1. The number of anilines is 1. The lowest BCUT2D eigenvalue weighted by molar-refractivity contribution is 0.0466. The number of rotatable bonds is 8. The predicted octanol–water partition coefficient (Wildman–Crippen LogP) is 3.58. The molecule has 0 fully saturated rings. The summed E-state index contributed by atoms with van der Waals surface area (Å²) in [5.74, 6) is -1.14. The van der Waals surface area contributed by atoms with Crippen LogP contribution in [0.25, 0.3) is 0 Å². The summed E-state index contributed by atoms with van der Waals surface area (Å²) in [6, 6.07) is 11.7. The number of hydrogen-bond acceptors (Lipinski definition) is 4. The van der Waals surface area contributed by atoms with Crippen LogP contribution in [0.5, 0.6) is 0 Å².